The Kier molecular flexibility index (Phi) is 6.97. The number of carbonyl (C=O) groups is 1. The Morgan fingerprint density at radius 2 is 2.05 bits per heavy atom. The summed E-state index contributed by atoms with van der Waals surface area (Å²) in [5.41, 5.74) is 0.394. The van der Waals surface area contributed by atoms with Gasteiger partial charge in [-0.3, -0.25) is 9.78 Å². The Balaban J connectivity index is 2.68. The topological polar surface area (TPSA) is 65.9 Å². The molecule has 112 valence electrons. The van der Waals surface area contributed by atoms with Gasteiger partial charge in [-0.25, -0.2) is 0 Å². The number of carbonyl (C=O) groups excluding carboxylic acids is 1. The summed E-state index contributed by atoms with van der Waals surface area (Å²) in [7, 11) is 5.61. The second kappa shape index (κ2) is 8.50. The van der Waals surface area contributed by atoms with Crippen molar-refractivity contribution >= 4 is 5.91 Å². The average Bonchev–Trinajstić information content (AvgIpc) is 2.41. The van der Waals surface area contributed by atoms with Gasteiger partial charge in [0.25, 0.3) is 5.91 Å². The molecule has 1 N–H and O–H groups in total. The normalized spacial score (nSPS) is 10.8. The average molecular weight is 281 g/mol. The van der Waals surface area contributed by atoms with Crippen molar-refractivity contribution in [2.75, 3.05) is 47.4 Å². The molecule has 1 rings (SSSR count). The van der Waals surface area contributed by atoms with Gasteiger partial charge in [-0.1, -0.05) is 0 Å². The van der Waals surface area contributed by atoms with E-state index in [1.165, 1.54) is 18.5 Å². The molecular weight excluding hydrogens is 258 g/mol. The summed E-state index contributed by atoms with van der Waals surface area (Å²) in [4.78, 5) is 20.0. The lowest BCUT2D eigenvalue weighted by Gasteiger charge is -2.23. The minimum Gasteiger partial charge on any atom is -0.506 e. The summed E-state index contributed by atoms with van der Waals surface area (Å²) < 4.78 is 5.04. The van der Waals surface area contributed by atoms with Crippen LogP contribution >= 0.6 is 0 Å². The molecule has 0 radical (unpaired) electrons. The standard InChI is InChI=1S/C14H23N3O3/c1-16(2)5-4-6-17(7-8-20-3)14(19)12-9-13(18)11-15-10-12/h9-11,18H,4-8H2,1-3H3. The quantitative estimate of drug-likeness (QED) is 0.764. The number of pyridine rings is 1. The summed E-state index contributed by atoms with van der Waals surface area (Å²) in [6.45, 7) is 2.57. The Morgan fingerprint density at radius 1 is 1.30 bits per heavy atom. The van der Waals surface area contributed by atoms with Crippen LogP contribution in [0.1, 0.15) is 16.8 Å². The third-order valence-electron chi connectivity index (χ3n) is 2.86. The molecule has 0 spiro atoms. The van der Waals surface area contributed by atoms with Gasteiger partial charge in [-0.05, 0) is 33.1 Å². The highest BCUT2D eigenvalue weighted by Crippen LogP contribution is 2.11. The van der Waals surface area contributed by atoms with Crippen LogP contribution in [0.4, 0.5) is 0 Å². The van der Waals surface area contributed by atoms with Gasteiger partial charge in [-0.2, -0.15) is 0 Å². The first-order valence-electron chi connectivity index (χ1n) is 6.61. The van der Waals surface area contributed by atoms with Crippen molar-refractivity contribution in [1.82, 2.24) is 14.8 Å². The monoisotopic (exact) mass is 281 g/mol. The predicted octanol–water partition coefficient (Wildman–Crippen LogP) is 0.827. The number of hydrogen-bond donors (Lipinski definition) is 1. The fraction of sp³-hybridized carbons (Fsp3) is 0.571. The van der Waals surface area contributed by atoms with E-state index in [0.29, 0.717) is 25.3 Å². The first kappa shape index (κ1) is 16.4. The molecule has 0 fully saturated rings. The van der Waals surface area contributed by atoms with Crippen molar-refractivity contribution < 1.29 is 14.6 Å². The molecule has 6 nitrogen and oxygen atoms in total. The molecule has 0 aliphatic carbocycles. The summed E-state index contributed by atoms with van der Waals surface area (Å²) in [5.74, 6) is -0.139. The van der Waals surface area contributed by atoms with Gasteiger partial charge < -0.3 is 19.6 Å². The summed E-state index contributed by atoms with van der Waals surface area (Å²) >= 11 is 0. The predicted molar refractivity (Wildman–Crippen MR) is 76.9 cm³/mol. The Bertz CT molecular complexity index is 424. The van der Waals surface area contributed by atoms with Crippen LogP contribution in [-0.4, -0.2) is 73.2 Å². The van der Waals surface area contributed by atoms with E-state index in [1.54, 1.807) is 12.0 Å². The van der Waals surface area contributed by atoms with Crippen molar-refractivity contribution in [2.45, 2.75) is 6.42 Å². The highest BCUT2D eigenvalue weighted by molar-refractivity contribution is 5.94. The molecule has 0 saturated carbocycles. The Labute approximate surface area is 120 Å². The van der Waals surface area contributed by atoms with Crippen LogP contribution in [0, 0.1) is 0 Å². The van der Waals surface area contributed by atoms with E-state index in [9.17, 15) is 9.90 Å². The van der Waals surface area contributed by atoms with Gasteiger partial charge in [-0.15, -0.1) is 0 Å². The molecule has 6 heteroatoms. The number of nitrogens with zero attached hydrogens (tertiary/aromatic N) is 3. The second-order valence-corrected chi connectivity index (χ2v) is 4.87. The summed E-state index contributed by atoms with van der Waals surface area (Å²) in [6, 6.07) is 1.43. The number of aromatic nitrogens is 1. The van der Waals surface area contributed by atoms with Crippen molar-refractivity contribution in [3.05, 3.63) is 24.0 Å². The molecule has 1 heterocycles. The first-order valence-corrected chi connectivity index (χ1v) is 6.61. The van der Waals surface area contributed by atoms with Gasteiger partial charge >= 0.3 is 0 Å². The molecular formula is C14H23N3O3. The lowest BCUT2D eigenvalue weighted by Crippen LogP contribution is -2.36. The fourth-order valence-corrected chi connectivity index (χ4v) is 1.82. The van der Waals surface area contributed by atoms with Gasteiger partial charge in [0.05, 0.1) is 18.4 Å². The van der Waals surface area contributed by atoms with E-state index in [2.05, 4.69) is 9.88 Å². The van der Waals surface area contributed by atoms with Crippen LogP contribution in [0.25, 0.3) is 0 Å². The van der Waals surface area contributed by atoms with Gasteiger partial charge in [0.15, 0.2) is 0 Å². The maximum absolute atomic E-state index is 12.4. The molecule has 20 heavy (non-hydrogen) atoms. The molecule has 0 aliphatic rings. The fourth-order valence-electron chi connectivity index (χ4n) is 1.82. The Morgan fingerprint density at radius 3 is 2.65 bits per heavy atom. The summed E-state index contributed by atoms with van der Waals surface area (Å²) in [6.07, 6.45) is 3.66. The van der Waals surface area contributed by atoms with Crippen LogP contribution < -0.4 is 0 Å². The highest BCUT2D eigenvalue weighted by Gasteiger charge is 2.16. The molecule has 0 bridgehead atoms. The van der Waals surface area contributed by atoms with E-state index >= 15 is 0 Å². The number of rotatable bonds is 8. The maximum Gasteiger partial charge on any atom is 0.255 e. The van der Waals surface area contributed by atoms with Gasteiger partial charge in [0, 0.05) is 26.4 Å². The van der Waals surface area contributed by atoms with Crippen LogP contribution in [0.5, 0.6) is 5.75 Å². The number of amides is 1. The highest BCUT2D eigenvalue weighted by atomic mass is 16.5. The van der Waals surface area contributed by atoms with E-state index in [-0.39, 0.29) is 11.7 Å². The van der Waals surface area contributed by atoms with Crippen LogP contribution in [0.15, 0.2) is 18.5 Å². The maximum atomic E-state index is 12.4. The van der Waals surface area contributed by atoms with E-state index < -0.39 is 0 Å². The molecule has 0 aromatic carbocycles. The van der Waals surface area contributed by atoms with E-state index in [4.69, 9.17) is 4.74 Å². The number of ether oxygens (including phenoxy) is 1. The third kappa shape index (κ3) is 5.54. The molecule has 0 atom stereocenters. The number of methoxy groups -OCH3 is 1. The van der Waals surface area contributed by atoms with Crippen LogP contribution in [0.3, 0.4) is 0 Å². The van der Waals surface area contributed by atoms with Crippen LogP contribution in [-0.2, 0) is 4.74 Å². The second-order valence-electron chi connectivity index (χ2n) is 4.87. The largest absolute Gasteiger partial charge is 0.506 e. The number of aromatic hydroxyl groups is 1. The number of hydrogen-bond acceptors (Lipinski definition) is 5. The van der Waals surface area contributed by atoms with E-state index in [0.717, 1.165) is 13.0 Å². The first-order chi connectivity index (χ1) is 9.54. The molecule has 0 unspecified atom stereocenters. The smallest absolute Gasteiger partial charge is 0.255 e. The van der Waals surface area contributed by atoms with Crippen molar-refractivity contribution in [3.63, 3.8) is 0 Å². The third-order valence-corrected chi connectivity index (χ3v) is 2.86. The zero-order valence-electron chi connectivity index (χ0n) is 12.4. The zero-order chi connectivity index (χ0) is 15.0. The summed E-state index contributed by atoms with van der Waals surface area (Å²) in [5, 5.41) is 9.40. The van der Waals surface area contributed by atoms with Crippen LogP contribution in [0.2, 0.25) is 0 Å². The van der Waals surface area contributed by atoms with Crippen molar-refractivity contribution in [2.24, 2.45) is 0 Å². The zero-order valence-corrected chi connectivity index (χ0v) is 12.4. The molecule has 1 aromatic heterocycles. The Hall–Kier alpha value is -1.66. The van der Waals surface area contributed by atoms with Crippen molar-refractivity contribution in [3.8, 4) is 5.75 Å². The van der Waals surface area contributed by atoms with Gasteiger partial charge in [0.1, 0.15) is 5.75 Å². The molecule has 1 amide bonds. The molecule has 1 aromatic rings. The minimum absolute atomic E-state index is 0.00386. The van der Waals surface area contributed by atoms with E-state index in [1.807, 2.05) is 14.1 Å². The SMILES string of the molecule is COCCN(CCCN(C)C)C(=O)c1cncc(O)c1. The van der Waals surface area contributed by atoms with Crippen molar-refractivity contribution in [1.29, 1.82) is 0 Å². The minimum atomic E-state index is -0.135. The molecule has 0 saturated heterocycles. The van der Waals surface area contributed by atoms with Gasteiger partial charge in [0.2, 0.25) is 0 Å². The molecule has 0 aliphatic heterocycles. The lowest BCUT2D eigenvalue weighted by molar-refractivity contribution is 0.0688. The lowest BCUT2D eigenvalue weighted by atomic mass is 10.2.